The second kappa shape index (κ2) is 7.42. The van der Waals surface area contributed by atoms with Crippen LogP contribution in [0.2, 0.25) is 0 Å². The summed E-state index contributed by atoms with van der Waals surface area (Å²) in [5.74, 6) is 1.28. The number of rotatable bonds is 6. The zero-order valence-electron chi connectivity index (χ0n) is 16.3. The lowest BCUT2D eigenvalue weighted by Gasteiger charge is -2.15. The molecule has 144 valence electrons. The molecule has 3 heterocycles. The van der Waals surface area contributed by atoms with Crippen LogP contribution in [-0.4, -0.2) is 37.4 Å². The largest absolute Gasteiger partial charge is 0.461 e. The highest BCUT2D eigenvalue weighted by Gasteiger charge is 2.22. The highest BCUT2D eigenvalue weighted by Crippen LogP contribution is 2.28. The molecule has 0 aliphatic heterocycles. The van der Waals surface area contributed by atoms with Gasteiger partial charge in [0.2, 0.25) is 5.82 Å². The number of furan rings is 1. The summed E-state index contributed by atoms with van der Waals surface area (Å²) in [4.78, 5) is 23.0. The van der Waals surface area contributed by atoms with Gasteiger partial charge in [-0.25, -0.2) is 9.50 Å². The second-order valence-corrected chi connectivity index (χ2v) is 7.00. The Morgan fingerprint density at radius 1 is 1.25 bits per heavy atom. The molecule has 28 heavy (non-hydrogen) atoms. The Morgan fingerprint density at radius 2 is 2.07 bits per heavy atom. The number of hydrogen-bond acceptors (Lipinski definition) is 5. The predicted octanol–water partition coefficient (Wildman–Crippen LogP) is 3.79. The van der Waals surface area contributed by atoms with E-state index in [1.54, 1.807) is 22.7 Å². The number of aryl methyl sites for hydroxylation is 2. The number of amides is 1. The molecule has 3 aromatic heterocycles. The van der Waals surface area contributed by atoms with Crippen molar-refractivity contribution in [3.63, 3.8) is 0 Å². The van der Waals surface area contributed by atoms with E-state index in [1.165, 1.54) is 0 Å². The first-order valence-corrected chi connectivity index (χ1v) is 9.51. The predicted molar refractivity (Wildman–Crippen MR) is 106 cm³/mol. The minimum Gasteiger partial charge on any atom is -0.461 e. The molecule has 0 unspecified atom stereocenters. The molecule has 4 aromatic rings. The summed E-state index contributed by atoms with van der Waals surface area (Å²) in [5, 5.41) is 5.38. The summed E-state index contributed by atoms with van der Waals surface area (Å²) in [5.41, 5.74) is 2.79. The van der Waals surface area contributed by atoms with Crippen molar-refractivity contribution >= 4 is 22.7 Å². The lowest BCUT2D eigenvalue weighted by molar-refractivity contribution is 0.0773. The summed E-state index contributed by atoms with van der Waals surface area (Å²) in [7, 11) is 1.76. The highest BCUT2D eigenvalue weighted by atomic mass is 16.3. The van der Waals surface area contributed by atoms with Crippen molar-refractivity contribution in [2.45, 2.75) is 39.7 Å². The lowest BCUT2D eigenvalue weighted by atomic mass is 10.1. The molecule has 1 aromatic carbocycles. The minimum absolute atomic E-state index is 0.146. The van der Waals surface area contributed by atoms with Gasteiger partial charge in [0.25, 0.3) is 11.7 Å². The van der Waals surface area contributed by atoms with Crippen LogP contribution in [-0.2, 0) is 13.0 Å². The molecule has 0 aliphatic rings. The zero-order chi connectivity index (χ0) is 19.7. The van der Waals surface area contributed by atoms with Gasteiger partial charge in [0.05, 0.1) is 0 Å². The Bertz CT molecular complexity index is 1140. The maximum atomic E-state index is 12.9. The number of para-hydroxylation sites is 1. The zero-order valence-corrected chi connectivity index (χ0v) is 16.3. The first-order valence-electron chi connectivity index (χ1n) is 9.51. The molecule has 0 atom stereocenters. The number of benzene rings is 1. The molecule has 0 radical (unpaired) electrons. The molecule has 7 heteroatoms. The molecular formula is C21H23N5O2. The van der Waals surface area contributed by atoms with Crippen LogP contribution in [0, 0.1) is 6.92 Å². The number of hydrogen-bond donors (Lipinski definition) is 0. The molecule has 0 fully saturated rings. The Kier molecular flexibility index (Phi) is 4.81. The van der Waals surface area contributed by atoms with Gasteiger partial charge in [-0.05, 0) is 25.5 Å². The summed E-state index contributed by atoms with van der Waals surface area (Å²) >= 11 is 0. The van der Waals surface area contributed by atoms with Crippen LogP contribution in [0.3, 0.4) is 0 Å². The van der Waals surface area contributed by atoms with Crippen LogP contribution in [0.5, 0.6) is 0 Å². The van der Waals surface area contributed by atoms with Crippen molar-refractivity contribution < 1.29 is 9.21 Å². The average Bonchev–Trinajstić information content (AvgIpc) is 3.28. The van der Waals surface area contributed by atoms with Crippen molar-refractivity contribution in [2.75, 3.05) is 7.05 Å². The third kappa shape index (κ3) is 3.24. The van der Waals surface area contributed by atoms with Gasteiger partial charge in [0, 0.05) is 42.9 Å². The normalized spacial score (nSPS) is 11.4. The van der Waals surface area contributed by atoms with E-state index >= 15 is 0 Å². The first-order chi connectivity index (χ1) is 13.6. The minimum atomic E-state index is -0.239. The molecule has 0 saturated heterocycles. The number of carbonyl (C=O) groups is 1. The summed E-state index contributed by atoms with van der Waals surface area (Å²) in [6, 6.07) is 9.79. The van der Waals surface area contributed by atoms with E-state index in [9.17, 15) is 4.79 Å². The van der Waals surface area contributed by atoms with Crippen molar-refractivity contribution in [3.05, 3.63) is 59.4 Å². The van der Waals surface area contributed by atoms with Crippen molar-refractivity contribution in [3.8, 4) is 0 Å². The van der Waals surface area contributed by atoms with Gasteiger partial charge < -0.3 is 9.32 Å². The fraction of sp³-hybridized carbons (Fsp3) is 0.333. The van der Waals surface area contributed by atoms with Crippen molar-refractivity contribution in [2.24, 2.45) is 0 Å². The molecule has 4 rings (SSSR count). The van der Waals surface area contributed by atoms with E-state index in [1.807, 2.05) is 37.3 Å². The topological polar surface area (TPSA) is 76.5 Å². The van der Waals surface area contributed by atoms with Crippen LogP contribution >= 0.6 is 0 Å². The summed E-state index contributed by atoms with van der Waals surface area (Å²) in [6.07, 6.45) is 4.65. The second-order valence-electron chi connectivity index (χ2n) is 7.00. The van der Waals surface area contributed by atoms with Gasteiger partial charge >= 0.3 is 0 Å². The van der Waals surface area contributed by atoms with Gasteiger partial charge in [-0.3, -0.25) is 4.79 Å². The van der Waals surface area contributed by atoms with Crippen LogP contribution in [0.1, 0.15) is 47.4 Å². The van der Waals surface area contributed by atoms with Gasteiger partial charge in [0.1, 0.15) is 11.3 Å². The molecule has 0 saturated carbocycles. The van der Waals surface area contributed by atoms with Crippen LogP contribution in [0.25, 0.3) is 16.7 Å². The van der Waals surface area contributed by atoms with Crippen molar-refractivity contribution in [1.82, 2.24) is 24.5 Å². The number of fused-ring (bicyclic) bond motifs is 2. The van der Waals surface area contributed by atoms with Crippen molar-refractivity contribution in [1.29, 1.82) is 0 Å². The molecular weight excluding hydrogens is 354 g/mol. The molecule has 0 bridgehead atoms. The number of aromatic nitrogens is 4. The molecule has 0 spiro atoms. The Balaban J connectivity index is 1.64. The Hall–Kier alpha value is -3.22. The Labute approximate surface area is 163 Å². The molecule has 1 amide bonds. The third-order valence-corrected chi connectivity index (χ3v) is 4.90. The number of nitrogens with zero attached hydrogens (tertiary/aromatic N) is 5. The fourth-order valence-electron chi connectivity index (χ4n) is 3.34. The van der Waals surface area contributed by atoms with Crippen LogP contribution in [0.15, 0.2) is 40.9 Å². The van der Waals surface area contributed by atoms with E-state index < -0.39 is 0 Å². The van der Waals surface area contributed by atoms with Crippen LogP contribution < -0.4 is 0 Å². The lowest BCUT2D eigenvalue weighted by Crippen LogP contribution is -2.27. The molecule has 0 aliphatic carbocycles. The third-order valence-electron chi connectivity index (χ3n) is 4.90. The van der Waals surface area contributed by atoms with E-state index in [2.05, 4.69) is 22.0 Å². The quantitative estimate of drug-likeness (QED) is 0.511. The monoisotopic (exact) mass is 377 g/mol. The smallest absolute Gasteiger partial charge is 0.293 e. The molecule has 0 N–H and O–H groups in total. The summed E-state index contributed by atoms with van der Waals surface area (Å²) < 4.78 is 7.65. The number of unbranched alkanes of at least 4 members (excludes halogenated alkanes) is 1. The SMILES string of the molecule is CCCCc1oc2ccccc2c1CN(C)C(=O)c1nc2nccc(C)n2n1. The van der Waals surface area contributed by atoms with E-state index in [4.69, 9.17) is 4.42 Å². The standard InChI is InChI=1S/C21H23N5O2/c1-4-5-9-18-16(15-8-6-7-10-17(15)28-18)13-25(3)20(27)19-23-21-22-12-11-14(2)26(21)24-19/h6-8,10-12H,4-5,9,13H2,1-3H3. The Morgan fingerprint density at radius 3 is 2.86 bits per heavy atom. The maximum Gasteiger partial charge on any atom is 0.293 e. The number of carbonyl (C=O) groups excluding carboxylic acids is 1. The highest BCUT2D eigenvalue weighted by molar-refractivity contribution is 5.91. The van der Waals surface area contributed by atoms with Gasteiger partial charge in [-0.1, -0.05) is 31.5 Å². The van der Waals surface area contributed by atoms with Crippen LogP contribution in [0.4, 0.5) is 0 Å². The fourth-order valence-corrected chi connectivity index (χ4v) is 3.34. The van der Waals surface area contributed by atoms with Gasteiger partial charge in [0.15, 0.2) is 0 Å². The van der Waals surface area contributed by atoms with E-state index in [-0.39, 0.29) is 11.7 Å². The van der Waals surface area contributed by atoms with E-state index in [0.717, 1.165) is 47.2 Å². The average molecular weight is 377 g/mol. The summed E-state index contributed by atoms with van der Waals surface area (Å²) in [6.45, 7) is 4.50. The first kappa shape index (κ1) is 18.2. The molecule has 7 nitrogen and oxygen atoms in total. The van der Waals surface area contributed by atoms with Gasteiger partial charge in [-0.2, -0.15) is 4.98 Å². The van der Waals surface area contributed by atoms with E-state index in [0.29, 0.717) is 12.3 Å². The maximum absolute atomic E-state index is 12.9. The van der Waals surface area contributed by atoms with Gasteiger partial charge in [-0.15, -0.1) is 5.10 Å².